The topological polar surface area (TPSA) is 47.1 Å². The molecule has 1 aromatic carbocycles. The first-order chi connectivity index (χ1) is 9.11. The third kappa shape index (κ3) is 3.28. The lowest BCUT2D eigenvalue weighted by Gasteiger charge is -2.20. The summed E-state index contributed by atoms with van der Waals surface area (Å²) < 4.78 is 2.01. The summed E-state index contributed by atoms with van der Waals surface area (Å²) in [5, 5.41) is 0.773. The van der Waals surface area contributed by atoms with Crippen molar-refractivity contribution in [3.63, 3.8) is 0 Å². The van der Waals surface area contributed by atoms with Crippen LogP contribution in [0.2, 0.25) is 5.02 Å². The number of hydrogen-bond donors (Lipinski definition) is 1. The predicted octanol–water partition coefficient (Wildman–Crippen LogP) is 2.21. The van der Waals surface area contributed by atoms with Crippen LogP contribution in [0.15, 0.2) is 30.6 Å². The molecule has 2 rings (SSSR count). The van der Waals surface area contributed by atoms with Gasteiger partial charge in [0.2, 0.25) is 0 Å². The smallest absolute Gasteiger partial charge is 0.127 e. The Morgan fingerprint density at radius 3 is 2.79 bits per heavy atom. The number of aryl methyl sites for hydroxylation is 1. The SMILES string of the molecule is CN(Cc1nccn1C)c1ccc(CCN)c(Cl)c1. The molecular formula is C14H19ClN4. The predicted molar refractivity (Wildman–Crippen MR) is 79.5 cm³/mol. The second kappa shape index (κ2) is 6.08. The van der Waals surface area contributed by atoms with Crippen molar-refractivity contribution in [1.82, 2.24) is 9.55 Å². The highest BCUT2D eigenvalue weighted by molar-refractivity contribution is 6.31. The number of rotatable bonds is 5. The van der Waals surface area contributed by atoms with Gasteiger partial charge >= 0.3 is 0 Å². The monoisotopic (exact) mass is 278 g/mol. The average molecular weight is 279 g/mol. The minimum absolute atomic E-state index is 0.613. The van der Waals surface area contributed by atoms with Gasteiger partial charge in [0.15, 0.2) is 0 Å². The fraction of sp³-hybridized carbons (Fsp3) is 0.357. The van der Waals surface area contributed by atoms with E-state index in [2.05, 4.69) is 16.0 Å². The van der Waals surface area contributed by atoms with Crippen LogP contribution in [0.4, 0.5) is 5.69 Å². The summed E-state index contributed by atoms with van der Waals surface area (Å²) in [6, 6.07) is 6.09. The van der Waals surface area contributed by atoms with E-state index in [9.17, 15) is 0 Å². The second-order valence-electron chi connectivity index (χ2n) is 4.62. The van der Waals surface area contributed by atoms with Gasteiger partial charge in [-0.2, -0.15) is 0 Å². The van der Waals surface area contributed by atoms with Crippen molar-refractivity contribution < 1.29 is 0 Å². The quantitative estimate of drug-likeness (QED) is 0.912. The van der Waals surface area contributed by atoms with E-state index in [0.29, 0.717) is 6.54 Å². The molecule has 0 radical (unpaired) electrons. The van der Waals surface area contributed by atoms with Gasteiger partial charge in [0, 0.05) is 37.2 Å². The van der Waals surface area contributed by atoms with Crippen LogP contribution in [-0.4, -0.2) is 23.1 Å². The summed E-state index contributed by atoms with van der Waals surface area (Å²) in [4.78, 5) is 6.45. The zero-order chi connectivity index (χ0) is 13.8. The number of halogens is 1. The minimum Gasteiger partial charge on any atom is -0.367 e. The number of benzene rings is 1. The van der Waals surface area contributed by atoms with Crippen molar-refractivity contribution in [2.75, 3.05) is 18.5 Å². The van der Waals surface area contributed by atoms with E-state index in [1.165, 1.54) is 0 Å². The lowest BCUT2D eigenvalue weighted by Crippen LogP contribution is -2.19. The number of aromatic nitrogens is 2. The third-order valence-electron chi connectivity index (χ3n) is 3.19. The molecule has 2 aromatic rings. The molecule has 0 saturated carbocycles. The Morgan fingerprint density at radius 1 is 1.42 bits per heavy atom. The first-order valence-electron chi connectivity index (χ1n) is 6.27. The van der Waals surface area contributed by atoms with Crippen molar-refractivity contribution in [1.29, 1.82) is 0 Å². The first kappa shape index (κ1) is 13.9. The number of hydrogen-bond acceptors (Lipinski definition) is 3. The molecule has 0 aliphatic heterocycles. The zero-order valence-electron chi connectivity index (χ0n) is 11.3. The van der Waals surface area contributed by atoms with Crippen molar-refractivity contribution in [3.8, 4) is 0 Å². The van der Waals surface area contributed by atoms with Crippen LogP contribution in [0.25, 0.3) is 0 Å². The lowest BCUT2D eigenvalue weighted by molar-refractivity contribution is 0.761. The molecule has 5 heteroatoms. The molecule has 0 atom stereocenters. The van der Waals surface area contributed by atoms with Gasteiger partial charge in [0.05, 0.1) is 6.54 Å². The summed E-state index contributed by atoms with van der Waals surface area (Å²) in [6.45, 7) is 1.36. The molecule has 0 unspecified atom stereocenters. The summed E-state index contributed by atoms with van der Waals surface area (Å²) >= 11 is 6.26. The van der Waals surface area contributed by atoms with Crippen LogP contribution in [0, 0.1) is 0 Å². The molecule has 2 N–H and O–H groups in total. The molecule has 4 nitrogen and oxygen atoms in total. The highest BCUT2D eigenvalue weighted by Gasteiger charge is 2.08. The van der Waals surface area contributed by atoms with Gasteiger partial charge in [-0.1, -0.05) is 17.7 Å². The number of anilines is 1. The summed E-state index contributed by atoms with van der Waals surface area (Å²) in [5.41, 5.74) is 7.73. The van der Waals surface area contributed by atoms with Crippen LogP contribution in [-0.2, 0) is 20.0 Å². The number of nitrogens with zero attached hydrogens (tertiary/aromatic N) is 3. The number of nitrogens with two attached hydrogens (primary N) is 1. The highest BCUT2D eigenvalue weighted by Crippen LogP contribution is 2.24. The summed E-state index contributed by atoms with van der Waals surface area (Å²) in [7, 11) is 4.02. The van der Waals surface area contributed by atoms with Crippen molar-refractivity contribution in [2.24, 2.45) is 12.8 Å². The summed E-state index contributed by atoms with van der Waals surface area (Å²) in [6.07, 6.45) is 4.56. The van der Waals surface area contributed by atoms with E-state index >= 15 is 0 Å². The van der Waals surface area contributed by atoms with Crippen LogP contribution < -0.4 is 10.6 Å². The standard InChI is InChI=1S/C14H19ClN4/c1-18-8-7-17-14(18)10-19(2)12-4-3-11(5-6-16)13(15)9-12/h3-4,7-9H,5-6,10,16H2,1-2H3. The Labute approximate surface area is 118 Å². The van der Waals surface area contributed by atoms with Crippen LogP contribution in [0.5, 0.6) is 0 Å². The molecule has 0 fully saturated rings. The molecule has 0 spiro atoms. The molecule has 102 valence electrons. The normalized spacial score (nSPS) is 10.7. The van der Waals surface area contributed by atoms with Crippen LogP contribution in [0.1, 0.15) is 11.4 Å². The molecule has 0 saturated heterocycles. The van der Waals surface area contributed by atoms with E-state index in [1.807, 2.05) is 37.0 Å². The fourth-order valence-electron chi connectivity index (χ4n) is 1.98. The Morgan fingerprint density at radius 2 is 2.21 bits per heavy atom. The average Bonchev–Trinajstić information content (AvgIpc) is 2.78. The van der Waals surface area contributed by atoms with E-state index in [1.54, 1.807) is 6.20 Å². The molecule has 1 aromatic heterocycles. The fourth-order valence-corrected chi connectivity index (χ4v) is 2.25. The van der Waals surface area contributed by atoms with Gasteiger partial charge in [-0.3, -0.25) is 0 Å². The van der Waals surface area contributed by atoms with Gasteiger partial charge in [-0.25, -0.2) is 4.98 Å². The highest BCUT2D eigenvalue weighted by atomic mass is 35.5. The van der Waals surface area contributed by atoms with Gasteiger partial charge < -0.3 is 15.2 Å². The summed E-state index contributed by atoms with van der Waals surface area (Å²) in [5.74, 6) is 1.02. The Balaban J connectivity index is 2.13. The first-order valence-corrected chi connectivity index (χ1v) is 6.65. The maximum absolute atomic E-state index is 6.26. The van der Waals surface area contributed by atoms with Crippen LogP contribution >= 0.6 is 11.6 Å². The Kier molecular flexibility index (Phi) is 4.45. The van der Waals surface area contributed by atoms with E-state index in [4.69, 9.17) is 17.3 Å². The second-order valence-corrected chi connectivity index (χ2v) is 5.03. The molecule has 0 bridgehead atoms. The van der Waals surface area contributed by atoms with Gasteiger partial charge in [-0.15, -0.1) is 0 Å². The minimum atomic E-state index is 0.613. The Hall–Kier alpha value is -1.52. The molecule has 1 heterocycles. The number of imidazole rings is 1. The van der Waals surface area contributed by atoms with E-state index in [-0.39, 0.29) is 0 Å². The van der Waals surface area contributed by atoms with Crippen LogP contribution in [0.3, 0.4) is 0 Å². The molecule has 0 aliphatic carbocycles. The lowest BCUT2D eigenvalue weighted by atomic mass is 10.1. The van der Waals surface area contributed by atoms with E-state index in [0.717, 1.165) is 35.1 Å². The van der Waals surface area contributed by atoms with Crippen molar-refractivity contribution in [3.05, 3.63) is 47.0 Å². The molecule has 0 amide bonds. The third-order valence-corrected chi connectivity index (χ3v) is 3.54. The van der Waals surface area contributed by atoms with E-state index < -0.39 is 0 Å². The van der Waals surface area contributed by atoms with Gasteiger partial charge in [0.1, 0.15) is 5.82 Å². The Bertz CT molecular complexity index is 550. The largest absolute Gasteiger partial charge is 0.367 e. The van der Waals surface area contributed by atoms with Crippen molar-refractivity contribution >= 4 is 17.3 Å². The molecule has 19 heavy (non-hydrogen) atoms. The maximum Gasteiger partial charge on any atom is 0.127 e. The molecular weight excluding hydrogens is 260 g/mol. The van der Waals surface area contributed by atoms with Gasteiger partial charge in [-0.05, 0) is 30.7 Å². The van der Waals surface area contributed by atoms with Crippen molar-refractivity contribution in [2.45, 2.75) is 13.0 Å². The maximum atomic E-state index is 6.26. The zero-order valence-corrected chi connectivity index (χ0v) is 12.1. The molecule has 0 aliphatic rings. The van der Waals surface area contributed by atoms with Gasteiger partial charge in [0.25, 0.3) is 0 Å².